The van der Waals surface area contributed by atoms with Crippen molar-refractivity contribution < 1.29 is 27.6 Å². The molecule has 0 bridgehead atoms. The molecule has 2 aromatic carbocycles. The van der Waals surface area contributed by atoms with E-state index in [2.05, 4.69) is 6.58 Å². The second-order valence-electron chi connectivity index (χ2n) is 7.94. The molecule has 0 unspecified atom stereocenters. The lowest BCUT2D eigenvalue weighted by Gasteiger charge is -2.30. The van der Waals surface area contributed by atoms with Gasteiger partial charge in [-0.2, -0.15) is 8.42 Å². The SMILES string of the molecule is C=C(/C=C1/C(=O)C(c2ccc(OC)cc2)=C1O)C(C)(C)c1cc(S(=O)(=O)O)ccc1C. The number of carbonyl (C=O) groups excluding carboxylic acids is 1. The molecule has 2 N–H and O–H groups in total. The Kier molecular flexibility index (Phi) is 5.69. The number of carbonyl (C=O) groups is 1. The summed E-state index contributed by atoms with van der Waals surface area (Å²) in [6.45, 7) is 9.53. The van der Waals surface area contributed by atoms with Crippen LogP contribution in [0.3, 0.4) is 0 Å². The van der Waals surface area contributed by atoms with Crippen LogP contribution in [0.15, 0.2) is 76.9 Å². The number of aryl methyl sites for hydroxylation is 1. The van der Waals surface area contributed by atoms with Crippen LogP contribution in [-0.2, 0) is 20.3 Å². The molecule has 1 aliphatic rings. The van der Waals surface area contributed by atoms with Crippen molar-refractivity contribution in [3.8, 4) is 5.75 Å². The van der Waals surface area contributed by atoms with Crippen LogP contribution in [0.2, 0.25) is 0 Å². The highest BCUT2D eigenvalue weighted by Crippen LogP contribution is 2.40. The molecule has 7 heteroatoms. The van der Waals surface area contributed by atoms with Gasteiger partial charge in [-0.15, -0.1) is 0 Å². The predicted octanol–water partition coefficient (Wildman–Crippen LogP) is 4.56. The molecule has 162 valence electrons. The van der Waals surface area contributed by atoms with Crippen LogP contribution in [0.5, 0.6) is 5.75 Å². The van der Waals surface area contributed by atoms with Crippen LogP contribution in [0.4, 0.5) is 0 Å². The third kappa shape index (κ3) is 4.06. The molecule has 6 nitrogen and oxygen atoms in total. The molecule has 0 radical (unpaired) electrons. The van der Waals surface area contributed by atoms with Crippen molar-refractivity contribution in [2.75, 3.05) is 7.11 Å². The number of hydrogen-bond acceptors (Lipinski definition) is 5. The van der Waals surface area contributed by atoms with Crippen molar-refractivity contribution in [2.45, 2.75) is 31.1 Å². The highest BCUT2D eigenvalue weighted by molar-refractivity contribution is 7.85. The molecule has 0 spiro atoms. The van der Waals surface area contributed by atoms with Crippen LogP contribution >= 0.6 is 0 Å². The Bertz CT molecular complexity index is 1250. The number of methoxy groups -OCH3 is 1. The number of rotatable bonds is 6. The van der Waals surface area contributed by atoms with E-state index < -0.39 is 15.5 Å². The van der Waals surface area contributed by atoms with E-state index in [4.69, 9.17) is 4.74 Å². The van der Waals surface area contributed by atoms with E-state index in [0.717, 1.165) is 5.56 Å². The van der Waals surface area contributed by atoms with Gasteiger partial charge in [0.05, 0.1) is 23.2 Å². The lowest BCUT2D eigenvalue weighted by Crippen LogP contribution is -2.25. The van der Waals surface area contributed by atoms with Crippen molar-refractivity contribution in [3.05, 3.63) is 88.7 Å². The van der Waals surface area contributed by atoms with Gasteiger partial charge in [-0.3, -0.25) is 9.35 Å². The molecule has 0 atom stereocenters. The topological polar surface area (TPSA) is 101 Å². The van der Waals surface area contributed by atoms with Crippen LogP contribution < -0.4 is 4.74 Å². The number of aliphatic hydroxyl groups excluding tert-OH is 1. The molecule has 0 aliphatic heterocycles. The zero-order chi connectivity index (χ0) is 23.1. The summed E-state index contributed by atoms with van der Waals surface area (Å²) < 4.78 is 37.6. The average molecular weight is 441 g/mol. The van der Waals surface area contributed by atoms with Gasteiger partial charge in [0, 0.05) is 5.41 Å². The minimum atomic E-state index is -4.36. The summed E-state index contributed by atoms with van der Waals surface area (Å²) in [6, 6.07) is 11.1. The summed E-state index contributed by atoms with van der Waals surface area (Å²) >= 11 is 0. The van der Waals surface area contributed by atoms with Crippen molar-refractivity contribution in [2.24, 2.45) is 0 Å². The van der Waals surface area contributed by atoms with Gasteiger partial charge in [0.25, 0.3) is 10.1 Å². The Morgan fingerprint density at radius 1 is 1.13 bits per heavy atom. The number of benzene rings is 2. The maximum atomic E-state index is 12.7. The van der Waals surface area contributed by atoms with Gasteiger partial charge in [0.1, 0.15) is 11.5 Å². The number of hydrogen-bond donors (Lipinski definition) is 2. The van der Waals surface area contributed by atoms with Gasteiger partial charge < -0.3 is 9.84 Å². The standard InChI is InChI=1S/C24H24O6S/c1-14-6-11-18(31(27,28)29)13-20(14)24(3,4)15(2)12-19-22(25)21(23(19)26)16-7-9-17(30-5)10-8-16/h6-13,25H,2H2,1,3-5H3,(H,27,28,29)/b19-12+. The smallest absolute Gasteiger partial charge is 0.294 e. The van der Waals surface area contributed by atoms with E-state index in [9.17, 15) is 22.9 Å². The zero-order valence-electron chi connectivity index (χ0n) is 17.8. The normalized spacial score (nSPS) is 15.8. The third-order valence-electron chi connectivity index (χ3n) is 5.64. The molecular formula is C24H24O6S. The first-order valence-corrected chi connectivity index (χ1v) is 10.9. The van der Waals surface area contributed by atoms with E-state index in [-0.39, 0.29) is 27.6 Å². The van der Waals surface area contributed by atoms with E-state index in [1.807, 2.05) is 20.8 Å². The van der Waals surface area contributed by atoms with Crippen LogP contribution in [0.25, 0.3) is 5.57 Å². The molecule has 0 heterocycles. The van der Waals surface area contributed by atoms with Crippen molar-refractivity contribution in [1.29, 1.82) is 0 Å². The lowest BCUT2D eigenvalue weighted by molar-refractivity contribution is -0.111. The minimum absolute atomic E-state index is 0.115. The molecule has 31 heavy (non-hydrogen) atoms. The summed E-state index contributed by atoms with van der Waals surface area (Å²) in [5.74, 6) is 0.225. The first-order valence-electron chi connectivity index (χ1n) is 9.50. The molecule has 0 saturated heterocycles. The zero-order valence-corrected chi connectivity index (χ0v) is 18.6. The van der Waals surface area contributed by atoms with Gasteiger partial charge in [-0.25, -0.2) is 0 Å². The van der Waals surface area contributed by atoms with Crippen molar-refractivity contribution in [1.82, 2.24) is 0 Å². The quantitative estimate of drug-likeness (QED) is 0.504. The number of ether oxygens (including phenoxy) is 1. The molecule has 0 amide bonds. The van der Waals surface area contributed by atoms with Crippen LogP contribution in [-0.4, -0.2) is 31.0 Å². The van der Waals surface area contributed by atoms with E-state index in [1.54, 1.807) is 37.4 Å². The maximum absolute atomic E-state index is 12.7. The fraction of sp³-hybridized carbons (Fsp3) is 0.208. The van der Waals surface area contributed by atoms with Gasteiger partial charge in [-0.1, -0.05) is 38.6 Å². The maximum Gasteiger partial charge on any atom is 0.294 e. The Morgan fingerprint density at radius 3 is 2.26 bits per heavy atom. The summed E-state index contributed by atoms with van der Waals surface area (Å²) in [5.41, 5.74) is 2.13. The van der Waals surface area contributed by atoms with Gasteiger partial charge >= 0.3 is 0 Å². The second kappa shape index (κ2) is 7.83. The Labute approximate surface area is 181 Å². The van der Waals surface area contributed by atoms with Crippen LogP contribution in [0.1, 0.15) is 30.5 Å². The van der Waals surface area contributed by atoms with E-state index in [1.165, 1.54) is 18.2 Å². The number of aliphatic hydroxyl groups is 1. The average Bonchev–Trinajstić information content (AvgIpc) is 2.71. The molecule has 3 rings (SSSR count). The Morgan fingerprint density at radius 2 is 1.74 bits per heavy atom. The number of Topliss-reactive ketones (excluding diaryl/α,β-unsaturated/α-hetero) is 1. The third-order valence-corrected chi connectivity index (χ3v) is 6.49. The van der Waals surface area contributed by atoms with Crippen molar-refractivity contribution in [3.63, 3.8) is 0 Å². The fourth-order valence-electron chi connectivity index (χ4n) is 3.54. The minimum Gasteiger partial charge on any atom is -0.506 e. The predicted molar refractivity (Wildman–Crippen MR) is 119 cm³/mol. The summed E-state index contributed by atoms with van der Waals surface area (Å²) in [5, 5.41) is 10.5. The first-order chi connectivity index (χ1) is 14.4. The largest absolute Gasteiger partial charge is 0.506 e. The lowest BCUT2D eigenvalue weighted by atomic mass is 9.74. The summed E-state index contributed by atoms with van der Waals surface area (Å²) in [4.78, 5) is 12.5. The molecule has 0 fully saturated rings. The number of allylic oxidation sites excluding steroid dienone is 4. The molecular weight excluding hydrogens is 416 g/mol. The van der Waals surface area contributed by atoms with Crippen molar-refractivity contribution >= 4 is 21.5 Å². The summed E-state index contributed by atoms with van der Waals surface area (Å²) in [6.07, 6.45) is 1.52. The van der Waals surface area contributed by atoms with Gasteiger partial charge in [0.15, 0.2) is 0 Å². The van der Waals surface area contributed by atoms with Crippen LogP contribution in [0, 0.1) is 6.92 Å². The first kappa shape index (κ1) is 22.5. The molecule has 0 aromatic heterocycles. The number of ketones is 1. The Hall–Kier alpha value is -3.16. The Balaban J connectivity index is 1.96. The molecule has 0 saturated carbocycles. The highest BCUT2D eigenvalue weighted by atomic mass is 32.2. The summed E-state index contributed by atoms with van der Waals surface area (Å²) in [7, 11) is -2.82. The van der Waals surface area contributed by atoms with Gasteiger partial charge in [0.2, 0.25) is 5.78 Å². The molecule has 1 aliphatic carbocycles. The second-order valence-corrected chi connectivity index (χ2v) is 9.36. The highest BCUT2D eigenvalue weighted by Gasteiger charge is 2.36. The molecule has 2 aromatic rings. The monoisotopic (exact) mass is 440 g/mol. The van der Waals surface area contributed by atoms with E-state index >= 15 is 0 Å². The fourth-order valence-corrected chi connectivity index (χ4v) is 4.05. The van der Waals surface area contributed by atoms with Gasteiger partial charge in [-0.05, 0) is 59.5 Å². The van der Waals surface area contributed by atoms with E-state index in [0.29, 0.717) is 22.4 Å².